The van der Waals surface area contributed by atoms with E-state index in [4.69, 9.17) is 4.74 Å². The van der Waals surface area contributed by atoms with Gasteiger partial charge in [0.1, 0.15) is 5.75 Å². The lowest BCUT2D eigenvalue weighted by Crippen LogP contribution is -2.51. The Morgan fingerprint density at radius 3 is 2.77 bits per heavy atom. The second-order valence-electron chi connectivity index (χ2n) is 6.51. The SMILES string of the molecule is COc1ccc2nccc([C@H](O)[C@H]3CC4CCN3CC4)c2c1. The van der Waals surface area contributed by atoms with E-state index in [2.05, 4.69) is 9.88 Å². The van der Waals surface area contributed by atoms with Gasteiger partial charge in [0.25, 0.3) is 0 Å². The second-order valence-corrected chi connectivity index (χ2v) is 6.51. The minimum atomic E-state index is -0.458. The van der Waals surface area contributed by atoms with Gasteiger partial charge in [0.2, 0.25) is 0 Å². The molecule has 1 aromatic heterocycles. The predicted octanol–water partition coefficient (Wildman–Crippen LogP) is 2.76. The van der Waals surface area contributed by atoms with Gasteiger partial charge in [-0.05, 0) is 68.1 Å². The van der Waals surface area contributed by atoms with E-state index >= 15 is 0 Å². The quantitative estimate of drug-likeness (QED) is 0.946. The molecule has 2 atom stereocenters. The third-order valence-electron chi connectivity index (χ3n) is 5.36. The normalized spacial score (nSPS) is 28.7. The molecular formula is C18H22N2O2. The number of nitrogens with zero attached hydrogens (tertiary/aromatic N) is 2. The molecule has 5 rings (SSSR count). The number of fused-ring (bicyclic) bond motifs is 4. The number of ether oxygens (including phenoxy) is 1. The highest BCUT2D eigenvalue weighted by atomic mass is 16.5. The lowest BCUT2D eigenvalue weighted by Gasteiger charge is -2.47. The fraction of sp³-hybridized carbons (Fsp3) is 0.500. The summed E-state index contributed by atoms with van der Waals surface area (Å²) in [6, 6.07) is 8.05. The molecule has 0 unspecified atom stereocenters. The maximum atomic E-state index is 11.0. The number of aliphatic hydroxyl groups excluding tert-OH is 1. The van der Waals surface area contributed by atoms with Crippen molar-refractivity contribution >= 4 is 10.9 Å². The van der Waals surface area contributed by atoms with E-state index in [0.717, 1.165) is 47.6 Å². The van der Waals surface area contributed by atoms with Gasteiger partial charge in [0.05, 0.1) is 18.7 Å². The Kier molecular flexibility index (Phi) is 3.51. The highest BCUT2D eigenvalue weighted by Gasteiger charge is 2.38. The summed E-state index contributed by atoms with van der Waals surface area (Å²) < 4.78 is 5.33. The van der Waals surface area contributed by atoms with Crippen molar-refractivity contribution in [1.82, 2.24) is 9.88 Å². The summed E-state index contributed by atoms with van der Waals surface area (Å²) in [6.07, 6.45) is 5.02. The van der Waals surface area contributed by atoms with Crippen molar-refractivity contribution in [3.05, 3.63) is 36.0 Å². The van der Waals surface area contributed by atoms with Crippen LogP contribution in [0.2, 0.25) is 0 Å². The van der Waals surface area contributed by atoms with Crippen molar-refractivity contribution in [3.63, 3.8) is 0 Å². The summed E-state index contributed by atoms with van der Waals surface area (Å²) in [4.78, 5) is 6.87. The molecule has 0 spiro atoms. The highest BCUT2D eigenvalue weighted by Crippen LogP contribution is 2.39. The van der Waals surface area contributed by atoms with Crippen molar-refractivity contribution in [2.45, 2.75) is 31.4 Å². The summed E-state index contributed by atoms with van der Waals surface area (Å²) in [5.74, 6) is 1.59. The van der Waals surface area contributed by atoms with Crippen LogP contribution in [-0.2, 0) is 0 Å². The van der Waals surface area contributed by atoms with Crippen LogP contribution in [0.4, 0.5) is 0 Å². The molecule has 4 heteroatoms. The minimum Gasteiger partial charge on any atom is -0.497 e. The van der Waals surface area contributed by atoms with Gasteiger partial charge in [0, 0.05) is 17.6 Å². The maximum Gasteiger partial charge on any atom is 0.119 e. The number of rotatable bonds is 3. The monoisotopic (exact) mass is 298 g/mol. The summed E-state index contributed by atoms with van der Waals surface area (Å²) >= 11 is 0. The molecule has 1 N–H and O–H groups in total. The first kappa shape index (κ1) is 14.0. The van der Waals surface area contributed by atoms with Crippen molar-refractivity contribution in [2.24, 2.45) is 5.92 Å². The molecule has 3 aliphatic heterocycles. The molecule has 1 aromatic carbocycles. The fourth-order valence-corrected chi connectivity index (χ4v) is 4.08. The molecule has 0 radical (unpaired) electrons. The van der Waals surface area contributed by atoms with Crippen LogP contribution in [0.3, 0.4) is 0 Å². The van der Waals surface area contributed by atoms with E-state index in [-0.39, 0.29) is 6.04 Å². The molecule has 3 saturated heterocycles. The molecule has 4 heterocycles. The average molecular weight is 298 g/mol. The van der Waals surface area contributed by atoms with Crippen LogP contribution < -0.4 is 4.74 Å². The van der Waals surface area contributed by atoms with Crippen LogP contribution in [0.15, 0.2) is 30.5 Å². The van der Waals surface area contributed by atoms with Gasteiger partial charge in [-0.15, -0.1) is 0 Å². The predicted molar refractivity (Wildman–Crippen MR) is 86.0 cm³/mol. The molecule has 2 aromatic rings. The number of hydrogen-bond donors (Lipinski definition) is 1. The van der Waals surface area contributed by atoms with E-state index < -0.39 is 6.10 Å². The van der Waals surface area contributed by atoms with Crippen LogP contribution in [0.5, 0.6) is 5.75 Å². The number of aromatic nitrogens is 1. The Hall–Kier alpha value is -1.65. The largest absolute Gasteiger partial charge is 0.497 e. The van der Waals surface area contributed by atoms with Crippen LogP contribution in [-0.4, -0.2) is 41.2 Å². The van der Waals surface area contributed by atoms with Gasteiger partial charge in [-0.3, -0.25) is 9.88 Å². The molecule has 0 saturated carbocycles. The minimum absolute atomic E-state index is 0.240. The van der Waals surface area contributed by atoms with E-state index in [0.29, 0.717) is 0 Å². The average Bonchev–Trinajstić information content (AvgIpc) is 2.61. The topological polar surface area (TPSA) is 45.6 Å². The Morgan fingerprint density at radius 2 is 2.09 bits per heavy atom. The van der Waals surface area contributed by atoms with Crippen LogP contribution in [0, 0.1) is 5.92 Å². The van der Waals surface area contributed by atoms with Crippen LogP contribution >= 0.6 is 0 Å². The first-order valence-electron chi connectivity index (χ1n) is 8.11. The fourth-order valence-electron chi connectivity index (χ4n) is 4.08. The third kappa shape index (κ3) is 2.27. The number of benzene rings is 1. The first-order valence-corrected chi connectivity index (χ1v) is 8.11. The Balaban J connectivity index is 1.73. The molecular weight excluding hydrogens is 276 g/mol. The zero-order valence-corrected chi connectivity index (χ0v) is 12.9. The van der Waals surface area contributed by atoms with Crippen molar-refractivity contribution in [3.8, 4) is 5.75 Å². The second kappa shape index (κ2) is 5.52. The van der Waals surface area contributed by atoms with Gasteiger partial charge in [0.15, 0.2) is 0 Å². The zero-order chi connectivity index (χ0) is 15.1. The summed E-state index contributed by atoms with van der Waals surface area (Å²) in [6.45, 7) is 2.25. The van der Waals surface area contributed by atoms with Gasteiger partial charge in [-0.2, -0.15) is 0 Å². The van der Waals surface area contributed by atoms with Crippen molar-refractivity contribution < 1.29 is 9.84 Å². The van der Waals surface area contributed by atoms with E-state index in [1.807, 2.05) is 24.3 Å². The Labute approximate surface area is 130 Å². The number of hydrogen-bond acceptors (Lipinski definition) is 4. The first-order chi connectivity index (χ1) is 10.8. The van der Waals surface area contributed by atoms with Gasteiger partial charge in [-0.1, -0.05) is 0 Å². The Bertz CT molecular complexity index is 680. The van der Waals surface area contributed by atoms with Crippen molar-refractivity contribution in [1.29, 1.82) is 0 Å². The molecule has 3 aliphatic rings. The van der Waals surface area contributed by atoms with Crippen LogP contribution in [0.1, 0.15) is 30.9 Å². The van der Waals surface area contributed by atoms with E-state index in [9.17, 15) is 5.11 Å². The standard InChI is InChI=1S/C18H22N2O2/c1-22-13-2-3-16-15(11-13)14(4-7-19-16)18(21)17-10-12-5-8-20(17)9-6-12/h2-4,7,11-12,17-18,21H,5-6,8-10H2,1H3/t17-,18+/m1/s1. The number of pyridine rings is 1. The van der Waals surface area contributed by atoms with Crippen LogP contribution in [0.25, 0.3) is 10.9 Å². The smallest absolute Gasteiger partial charge is 0.119 e. The third-order valence-corrected chi connectivity index (χ3v) is 5.36. The number of piperidine rings is 3. The summed E-state index contributed by atoms with van der Waals surface area (Å²) in [5.41, 5.74) is 1.88. The number of aliphatic hydroxyl groups is 1. The Morgan fingerprint density at radius 1 is 1.27 bits per heavy atom. The molecule has 116 valence electrons. The summed E-state index contributed by atoms with van der Waals surface area (Å²) in [5, 5.41) is 12.0. The molecule has 2 bridgehead atoms. The number of methoxy groups -OCH3 is 1. The molecule has 0 amide bonds. The lowest BCUT2D eigenvalue weighted by atomic mass is 9.79. The molecule has 0 aliphatic carbocycles. The molecule has 4 nitrogen and oxygen atoms in total. The molecule has 22 heavy (non-hydrogen) atoms. The van der Waals surface area contributed by atoms with E-state index in [1.165, 1.54) is 12.8 Å². The maximum absolute atomic E-state index is 11.0. The van der Waals surface area contributed by atoms with E-state index in [1.54, 1.807) is 13.3 Å². The van der Waals surface area contributed by atoms with Gasteiger partial charge >= 0.3 is 0 Å². The zero-order valence-electron chi connectivity index (χ0n) is 12.9. The highest BCUT2D eigenvalue weighted by molar-refractivity contribution is 5.83. The van der Waals surface area contributed by atoms with Gasteiger partial charge < -0.3 is 9.84 Å². The lowest BCUT2D eigenvalue weighted by molar-refractivity contribution is -0.0263. The molecule has 3 fully saturated rings. The summed E-state index contributed by atoms with van der Waals surface area (Å²) in [7, 11) is 1.67. The van der Waals surface area contributed by atoms with Crippen molar-refractivity contribution in [2.75, 3.05) is 20.2 Å². The van der Waals surface area contributed by atoms with Gasteiger partial charge in [-0.25, -0.2) is 0 Å².